The van der Waals surface area contributed by atoms with Gasteiger partial charge in [0, 0.05) is 24.3 Å². The third-order valence-electron chi connectivity index (χ3n) is 4.33. The molecule has 1 heterocycles. The van der Waals surface area contributed by atoms with Crippen LogP contribution in [0.3, 0.4) is 0 Å². The summed E-state index contributed by atoms with van der Waals surface area (Å²) in [6.07, 6.45) is 1.11. The predicted octanol–water partition coefficient (Wildman–Crippen LogP) is 3.40. The summed E-state index contributed by atoms with van der Waals surface area (Å²) in [4.78, 5) is 13.9. The van der Waals surface area contributed by atoms with E-state index in [2.05, 4.69) is 4.72 Å². The second kappa shape index (κ2) is 6.52. The topological polar surface area (TPSA) is 66.5 Å². The molecule has 2 aromatic carbocycles. The zero-order chi connectivity index (χ0) is 18.2. The lowest BCUT2D eigenvalue weighted by Crippen LogP contribution is -2.27. The number of amides is 1. The van der Waals surface area contributed by atoms with Gasteiger partial charge in [-0.15, -0.1) is 0 Å². The minimum Gasteiger partial charge on any atom is -0.312 e. The maximum atomic E-state index is 12.7. The quantitative estimate of drug-likeness (QED) is 0.911. The number of carbonyl (C=O) groups is 1. The first-order valence-electron chi connectivity index (χ1n) is 8.34. The average molecular weight is 358 g/mol. The smallest absolute Gasteiger partial charge is 0.261 e. The fourth-order valence-corrected chi connectivity index (χ4v) is 4.33. The van der Waals surface area contributed by atoms with Gasteiger partial charge in [-0.2, -0.15) is 0 Å². The Kier molecular flexibility index (Phi) is 4.56. The van der Waals surface area contributed by atoms with Crippen LogP contribution in [0.4, 0.5) is 11.4 Å². The molecule has 0 saturated carbocycles. The van der Waals surface area contributed by atoms with E-state index in [1.807, 2.05) is 26.8 Å². The van der Waals surface area contributed by atoms with Gasteiger partial charge in [0.25, 0.3) is 10.0 Å². The number of benzene rings is 2. The van der Waals surface area contributed by atoms with E-state index in [4.69, 9.17) is 0 Å². The van der Waals surface area contributed by atoms with Crippen molar-refractivity contribution in [2.45, 2.75) is 38.5 Å². The number of carbonyl (C=O) groups excluding carboxylic acids is 1. The SMILES string of the molecule is CCC(=O)N1CCc2cc(S(=O)(=O)Nc3cc(C)cc(C)c3)ccc21. The lowest BCUT2D eigenvalue weighted by molar-refractivity contribution is -0.118. The van der Waals surface area contributed by atoms with Crippen molar-refractivity contribution in [3.8, 4) is 0 Å². The molecule has 132 valence electrons. The van der Waals surface area contributed by atoms with Gasteiger partial charge in [0.2, 0.25) is 5.91 Å². The number of nitrogens with one attached hydrogen (secondary N) is 1. The molecule has 1 N–H and O–H groups in total. The molecule has 1 aliphatic rings. The van der Waals surface area contributed by atoms with Gasteiger partial charge in [-0.05, 0) is 67.3 Å². The molecule has 0 aliphatic carbocycles. The Labute approximate surface area is 148 Å². The van der Waals surface area contributed by atoms with E-state index < -0.39 is 10.0 Å². The van der Waals surface area contributed by atoms with Crippen molar-refractivity contribution in [1.29, 1.82) is 0 Å². The Balaban J connectivity index is 1.90. The maximum Gasteiger partial charge on any atom is 0.261 e. The minimum atomic E-state index is -3.67. The van der Waals surface area contributed by atoms with E-state index in [0.717, 1.165) is 22.4 Å². The first-order valence-corrected chi connectivity index (χ1v) is 9.83. The molecule has 5 nitrogen and oxygen atoms in total. The highest BCUT2D eigenvalue weighted by molar-refractivity contribution is 7.92. The van der Waals surface area contributed by atoms with Gasteiger partial charge in [0.15, 0.2) is 0 Å². The molecule has 0 unspecified atom stereocenters. The van der Waals surface area contributed by atoms with Crippen LogP contribution in [0.1, 0.15) is 30.0 Å². The number of nitrogens with zero attached hydrogens (tertiary/aromatic N) is 1. The summed E-state index contributed by atoms with van der Waals surface area (Å²) in [7, 11) is -3.67. The van der Waals surface area contributed by atoms with E-state index in [0.29, 0.717) is 25.1 Å². The number of hydrogen-bond acceptors (Lipinski definition) is 3. The third kappa shape index (κ3) is 3.54. The summed E-state index contributed by atoms with van der Waals surface area (Å²) in [5.41, 5.74) is 4.27. The lowest BCUT2D eigenvalue weighted by atomic mass is 10.1. The summed E-state index contributed by atoms with van der Waals surface area (Å²) in [6, 6.07) is 10.6. The van der Waals surface area contributed by atoms with Crippen molar-refractivity contribution in [2.75, 3.05) is 16.2 Å². The van der Waals surface area contributed by atoms with Crippen molar-refractivity contribution in [3.63, 3.8) is 0 Å². The zero-order valence-electron chi connectivity index (χ0n) is 14.7. The van der Waals surface area contributed by atoms with Gasteiger partial charge in [0.1, 0.15) is 0 Å². The summed E-state index contributed by atoms with van der Waals surface area (Å²) in [5.74, 6) is 0.0581. The first kappa shape index (κ1) is 17.5. The van der Waals surface area contributed by atoms with Crippen LogP contribution in [0.5, 0.6) is 0 Å². The molecule has 6 heteroatoms. The van der Waals surface area contributed by atoms with Gasteiger partial charge in [-0.1, -0.05) is 13.0 Å². The first-order chi connectivity index (χ1) is 11.8. The second-order valence-corrected chi connectivity index (χ2v) is 8.10. The summed E-state index contributed by atoms with van der Waals surface area (Å²) in [5, 5.41) is 0. The maximum absolute atomic E-state index is 12.7. The van der Waals surface area contributed by atoms with Gasteiger partial charge in [-0.25, -0.2) is 8.42 Å². The molecule has 0 saturated heterocycles. The highest BCUT2D eigenvalue weighted by atomic mass is 32.2. The molecule has 1 aliphatic heterocycles. The van der Waals surface area contributed by atoms with Crippen LogP contribution in [-0.2, 0) is 21.2 Å². The fourth-order valence-electron chi connectivity index (χ4n) is 3.24. The number of aryl methyl sites for hydroxylation is 2. The molecule has 0 spiro atoms. The Bertz CT molecular complexity index is 915. The number of fused-ring (bicyclic) bond motifs is 1. The van der Waals surface area contributed by atoms with Gasteiger partial charge in [0.05, 0.1) is 4.90 Å². The normalized spacial score (nSPS) is 13.6. The molecule has 0 atom stereocenters. The summed E-state index contributed by atoms with van der Waals surface area (Å²) < 4.78 is 28.1. The molecule has 0 radical (unpaired) electrons. The Morgan fingerprint density at radius 2 is 1.80 bits per heavy atom. The monoisotopic (exact) mass is 358 g/mol. The van der Waals surface area contributed by atoms with Crippen LogP contribution in [0.25, 0.3) is 0 Å². The van der Waals surface area contributed by atoms with E-state index >= 15 is 0 Å². The van der Waals surface area contributed by atoms with Crippen molar-refractivity contribution in [2.24, 2.45) is 0 Å². The molecule has 0 fully saturated rings. The fraction of sp³-hybridized carbons (Fsp3) is 0.316. The minimum absolute atomic E-state index is 0.0581. The Morgan fingerprint density at radius 1 is 1.12 bits per heavy atom. The molecule has 25 heavy (non-hydrogen) atoms. The van der Waals surface area contributed by atoms with Gasteiger partial charge < -0.3 is 4.90 Å². The van der Waals surface area contributed by atoms with Crippen molar-refractivity contribution in [1.82, 2.24) is 0 Å². The zero-order valence-corrected chi connectivity index (χ0v) is 15.5. The Hall–Kier alpha value is -2.34. The van der Waals surface area contributed by atoms with Crippen molar-refractivity contribution >= 4 is 27.3 Å². The lowest BCUT2D eigenvalue weighted by Gasteiger charge is -2.16. The number of rotatable bonds is 4. The predicted molar refractivity (Wildman–Crippen MR) is 99.5 cm³/mol. The van der Waals surface area contributed by atoms with E-state index in [-0.39, 0.29) is 10.8 Å². The molecule has 0 aromatic heterocycles. The summed E-state index contributed by atoms with van der Waals surface area (Å²) >= 11 is 0. The van der Waals surface area contributed by atoms with Crippen molar-refractivity contribution in [3.05, 3.63) is 53.1 Å². The van der Waals surface area contributed by atoms with Crippen LogP contribution in [0.2, 0.25) is 0 Å². The molecule has 1 amide bonds. The highest BCUT2D eigenvalue weighted by Crippen LogP contribution is 2.31. The molecule has 3 rings (SSSR count). The van der Waals surface area contributed by atoms with Crippen LogP contribution >= 0.6 is 0 Å². The number of anilines is 2. The summed E-state index contributed by atoms with van der Waals surface area (Å²) in [6.45, 7) is 6.29. The van der Waals surface area contributed by atoms with E-state index in [1.54, 1.807) is 35.2 Å². The number of sulfonamides is 1. The molecular formula is C19H22N2O3S. The standard InChI is InChI=1S/C19H22N2O3S/c1-4-19(22)21-8-7-15-12-17(5-6-18(15)21)25(23,24)20-16-10-13(2)9-14(3)11-16/h5-6,9-12,20H,4,7-8H2,1-3H3. The third-order valence-corrected chi connectivity index (χ3v) is 5.71. The van der Waals surface area contributed by atoms with Gasteiger partial charge >= 0.3 is 0 Å². The van der Waals surface area contributed by atoms with Crippen LogP contribution in [0, 0.1) is 13.8 Å². The van der Waals surface area contributed by atoms with E-state index in [9.17, 15) is 13.2 Å². The molecular weight excluding hydrogens is 336 g/mol. The van der Waals surface area contributed by atoms with Crippen LogP contribution < -0.4 is 9.62 Å². The average Bonchev–Trinajstić information content (AvgIpc) is 2.95. The van der Waals surface area contributed by atoms with Crippen molar-refractivity contribution < 1.29 is 13.2 Å². The van der Waals surface area contributed by atoms with E-state index in [1.165, 1.54) is 0 Å². The van der Waals surface area contributed by atoms with Crippen LogP contribution in [-0.4, -0.2) is 20.9 Å². The Morgan fingerprint density at radius 3 is 2.44 bits per heavy atom. The van der Waals surface area contributed by atoms with Crippen LogP contribution in [0.15, 0.2) is 41.3 Å². The largest absolute Gasteiger partial charge is 0.312 e. The van der Waals surface area contributed by atoms with Gasteiger partial charge in [-0.3, -0.25) is 9.52 Å². The second-order valence-electron chi connectivity index (χ2n) is 6.42. The molecule has 2 aromatic rings. The molecule has 0 bridgehead atoms. The number of hydrogen-bond donors (Lipinski definition) is 1. The highest BCUT2D eigenvalue weighted by Gasteiger charge is 2.25.